The Labute approximate surface area is 210 Å². The number of carbonyl (C=O) groups excluding carboxylic acids is 1. The van der Waals surface area contributed by atoms with E-state index in [0.29, 0.717) is 23.7 Å². The minimum absolute atomic E-state index is 0.139. The Morgan fingerprint density at radius 1 is 1.06 bits per heavy atom. The predicted octanol–water partition coefficient (Wildman–Crippen LogP) is 8.50. The van der Waals surface area contributed by atoms with E-state index in [4.69, 9.17) is 4.74 Å². The van der Waals surface area contributed by atoms with Crippen LogP contribution in [0.3, 0.4) is 0 Å². The van der Waals surface area contributed by atoms with Gasteiger partial charge in [-0.2, -0.15) is 0 Å². The Hall–Kier alpha value is -0.120. The third kappa shape index (κ3) is 4.35. The first kappa shape index (κ1) is 26.0. The van der Waals surface area contributed by atoms with Gasteiger partial charge in [0.25, 0.3) is 0 Å². The molecule has 0 heterocycles. The molecule has 0 radical (unpaired) electrons. The summed E-state index contributed by atoms with van der Waals surface area (Å²) in [5, 5.41) is 0. The second-order valence-electron chi connectivity index (χ2n) is 13.4. The number of rotatable bonds is 6. The molecule has 0 aromatic rings. The molecule has 4 heteroatoms. The van der Waals surface area contributed by atoms with Crippen LogP contribution in [0.4, 0.5) is 4.39 Å². The molecule has 4 saturated carbocycles. The summed E-state index contributed by atoms with van der Waals surface area (Å²) in [5.41, 5.74) is -1.18. The van der Waals surface area contributed by atoms with Gasteiger partial charge in [-0.25, -0.2) is 4.39 Å². The van der Waals surface area contributed by atoms with Crippen LogP contribution >= 0.6 is 15.9 Å². The number of ether oxygens (including phenoxy) is 1. The smallest absolute Gasteiger partial charge is 0.302 e. The van der Waals surface area contributed by atoms with Gasteiger partial charge in [0.2, 0.25) is 0 Å². The monoisotopic (exact) mass is 526 g/mol. The van der Waals surface area contributed by atoms with Gasteiger partial charge < -0.3 is 4.74 Å². The van der Waals surface area contributed by atoms with E-state index in [1.807, 2.05) is 0 Å². The molecule has 4 fully saturated rings. The van der Waals surface area contributed by atoms with Gasteiger partial charge in [-0.05, 0) is 85.9 Å². The Morgan fingerprint density at radius 2 is 1.79 bits per heavy atom. The number of fused-ring (bicyclic) bond motifs is 5. The lowest BCUT2D eigenvalue weighted by molar-refractivity contribution is -0.191. The third-order valence-corrected chi connectivity index (χ3v) is 12.3. The first-order chi connectivity index (χ1) is 15.4. The number of hydrogen-bond acceptors (Lipinski definition) is 2. The average Bonchev–Trinajstić information content (AvgIpc) is 3.07. The van der Waals surface area contributed by atoms with Crippen LogP contribution in [0, 0.1) is 46.3 Å². The average molecular weight is 528 g/mol. The number of carbonyl (C=O) groups is 1. The highest BCUT2D eigenvalue weighted by atomic mass is 79.9. The molecule has 0 bridgehead atoms. The van der Waals surface area contributed by atoms with Crippen molar-refractivity contribution in [3.8, 4) is 0 Å². The van der Waals surface area contributed by atoms with Gasteiger partial charge in [-0.3, -0.25) is 4.79 Å². The summed E-state index contributed by atoms with van der Waals surface area (Å²) in [6.45, 7) is 13.5. The molecule has 0 unspecified atom stereocenters. The summed E-state index contributed by atoms with van der Waals surface area (Å²) in [7, 11) is 0. The van der Waals surface area contributed by atoms with E-state index in [1.54, 1.807) is 0 Å². The van der Waals surface area contributed by atoms with Crippen molar-refractivity contribution in [2.24, 2.45) is 46.3 Å². The number of hydrogen-bond donors (Lipinski definition) is 0. The second kappa shape index (κ2) is 9.40. The molecule has 4 aliphatic carbocycles. The summed E-state index contributed by atoms with van der Waals surface area (Å²) < 4.78 is 22.4. The zero-order valence-corrected chi connectivity index (χ0v) is 23.6. The van der Waals surface area contributed by atoms with E-state index < -0.39 is 5.67 Å². The van der Waals surface area contributed by atoms with Crippen LogP contribution < -0.4 is 0 Å². The van der Waals surface area contributed by atoms with Crippen LogP contribution in [0.5, 0.6) is 0 Å². The van der Waals surface area contributed by atoms with Gasteiger partial charge >= 0.3 is 5.97 Å². The topological polar surface area (TPSA) is 26.3 Å². The van der Waals surface area contributed by atoms with Crippen molar-refractivity contribution in [3.63, 3.8) is 0 Å². The van der Waals surface area contributed by atoms with Crippen molar-refractivity contribution in [1.82, 2.24) is 0 Å². The van der Waals surface area contributed by atoms with Crippen LogP contribution in [-0.4, -0.2) is 22.6 Å². The highest BCUT2D eigenvalue weighted by molar-refractivity contribution is 9.09. The second-order valence-corrected chi connectivity index (χ2v) is 14.5. The molecule has 0 aliphatic heterocycles. The van der Waals surface area contributed by atoms with E-state index in [9.17, 15) is 4.79 Å². The van der Waals surface area contributed by atoms with Gasteiger partial charge in [0.1, 0.15) is 11.8 Å². The molecular weight excluding hydrogens is 479 g/mol. The first-order valence-corrected chi connectivity index (χ1v) is 14.8. The quantitative estimate of drug-likeness (QED) is 0.256. The van der Waals surface area contributed by atoms with Crippen molar-refractivity contribution in [1.29, 1.82) is 0 Å². The van der Waals surface area contributed by atoms with E-state index >= 15 is 4.39 Å². The summed E-state index contributed by atoms with van der Waals surface area (Å²) in [6.07, 6.45) is 11.9. The summed E-state index contributed by atoms with van der Waals surface area (Å²) in [5.74, 6) is 3.97. The van der Waals surface area contributed by atoms with Crippen LogP contribution in [0.1, 0.15) is 112 Å². The molecule has 4 aliphatic rings. The number of halogens is 2. The molecule has 0 saturated heterocycles. The highest BCUT2D eigenvalue weighted by Crippen LogP contribution is 2.70. The van der Waals surface area contributed by atoms with Crippen molar-refractivity contribution < 1.29 is 13.9 Å². The van der Waals surface area contributed by atoms with Crippen LogP contribution in [0.15, 0.2) is 0 Å². The molecule has 0 aromatic heterocycles. The van der Waals surface area contributed by atoms with Crippen LogP contribution in [0.25, 0.3) is 0 Å². The maximum Gasteiger partial charge on any atom is 0.302 e. The Kier molecular flexibility index (Phi) is 7.39. The minimum atomic E-state index is -1.29. The first-order valence-electron chi connectivity index (χ1n) is 13.9. The van der Waals surface area contributed by atoms with Gasteiger partial charge in [-0.15, -0.1) is 0 Å². The Balaban J connectivity index is 1.51. The lowest BCUT2D eigenvalue weighted by atomic mass is 9.43. The maximum absolute atomic E-state index is 16.9. The standard InChI is InChI=1S/C29H48BrFO2/c1-18(2)8-7-9-19(3)23-10-11-24-22-16-26(30)29(31)17-21(33-20(4)32)12-15-28(29,6)25(22)13-14-27(23,24)5/h18-19,21-26H,7-17H2,1-6H3/t19-,21+,22+,23-,24+,25+,26-,27-,28-,29+/m1/s1. The molecule has 2 nitrogen and oxygen atoms in total. The van der Waals surface area contributed by atoms with Crippen molar-refractivity contribution in [2.75, 3.05) is 0 Å². The molecule has 4 rings (SSSR count). The van der Waals surface area contributed by atoms with Gasteiger partial charge in [0, 0.05) is 23.6 Å². The Morgan fingerprint density at radius 3 is 2.45 bits per heavy atom. The predicted molar refractivity (Wildman–Crippen MR) is 137 cm³/mol. The van der Waals surface area contributed by atoms with Gasteiger partial charge in [0.05, 0.1) is 0 Å². The van der Waals surface area contributed by atoms with Gasteiger partial charge in [-0.1, -0.05) is 69.8 Å². The van der Waals surface area contributed by atoms with E-state index in [2.05, 4.69) is 50.5 Å². The van der Waals surface area contributed by atoms with E-state index in [1.165, 1.54) is 51.9 Å². The summed E-state index contributed by atoms with van der Waals surface area (Å²) in [6, 6.07) is 0. The number of esters is 1. The SMILES string of the molecule is CC(=O)O[C@H]1CC[C@]2(C)[C@H]3CC[C@]4(C)[C@@H]([C@H](C)CCCC(C)C)CC[C@H]4[C@@H]3C[C@@H](Br)[C@@]2(F)C1. The van der Waals surface area contributed by atoms with E-state index in [0.717, 1.165) is 42.9 Å². The lowest BCUT2D eigenvalue weighted by Gasteiger charge is -2.64. The fourth-order valence-electron chi connectivity index (χ4n) is 9.51. The number of alkyl halides is 2. The van der Waals surface area contributed by atoms with Gasteiger partial charge in [0.15, 0.2) is 0 Å². The van der Waals surface area contributed by atoms with Crippen LogP contribution in [-0.2, 0) is 9.53 Å². The molecule has 0 spiro atoms. The van der Waals surface area contributed by atoms with Crippen molar-refractivity contribution >= 4 is 21.9 Å². The van der Waals surface area contributed by atoms with Crippen LogP contribution in [0.2, 0.25) is 0 Å². The van der Waals surface area contributed by atoms with E-state index in [-0.39, 0.29) is 22.3 Å². The minimum Gasteiger partial charge on any atom is -0.462 e. The molecule has 190 valence electrons. The van der Waals surface area contributed by atoms with Crippen molar-refractivity contribution in [3.05, 3.63) is 0 Å². The molecule has 10 atom stereocenters. The fraction of sp³-hybridized carbons (Fsp3) is 0.966. The molecule has 33 heavy (non-hydrogen) atoms. The fourth-order valence-corrected chi connectivity index (χ4v) is 10.6. The maximum atomic E-state index is 16.9. The lowest BCUT2D eigenvalue weighted by Crippen LogP contribution is -2.65. The molecule has 0 aromatic carbocycles. The molecule has 0 amide bonds. The molecule has 0 N–H and O–H groups in total. The Bertz CT molecular complexity index is 726. The zero-order valence-electron chi connectivity index (χ0n) is 22.0. The zero-order chi connectivity index (χ0) is 24.2. The highest BCUT2D eigenvalue weighted by Gasteiger charge is 2.68. The molecular formula is C29H48BrFO2. The largest absolute Gasteiger partial charge is 0.462 e. The van der Waals surface area contributed by atoms with Crippen molar-refractivity contribution in [2.45, 2.75) is 129 Å². The summed E-state index contributed by atoms with van der Waals surface area (Å²) >= 11 is 3.87. The normalized spacial score (nSPS) is 48.0. The summed E-state index contributed by atoms with van der Waals surface area (Å²) in [4.78, 5) is 11.4. The third-order valence-electron chi connectivity index (χ3n) is 11.2.